The van der Waals surface area contributed by atoms with E-state index < -0.39 is 5.97 Å². The van der Waals surface area contributed by atoms with Gasteiger partial charge in [-0.1, -0.05) is 30.3 Å². The molecule has 0 radical (unpaired) electrons. The van der Waals surface area contributed by atoms with Crippen LogP contribution in [-0.2, 0) is 11.3 Å². The van der Waals surface area contributed by atoms with Gasteiger partial charge in [-0.25, -0.2) is 4.79 Å². The second kappa shape index (κ2) is 5.64. The van der Waals surface area contributed by atoms with Crippen LogP contribution in [0, 0.1) is 11.3 Å². The number of carbonyl (C=O) groups is 1. The van der Waals surface area contributed by atoms with Crippen LogP contribution in [0.15, 0.2) is 42.7 Å². The second-order valence-corrected chi connectivity index (χ2v) is 3.65. The third-order valence-corrected chi connectivity index (χ3v) is 2.32. The zero-order chi connectivity index (χ0) is 12.8. The quantitative estimate of drug-likeness (QED) is 0.762. The molecule has 5 nitrogen and oxygen atoms in total. The number of benzene rings is 1. The number of ether oxygens (including phenoxy) is 1. The van der Waals surface area contributed by atoms with E-state index in [-0.39, 0.29) is 6.61 Å². The van der Waals surface area contributed by atoms with Gasteiger partial charge in [0.15, 0.2) is 6.61 Å². The van der Waals surface area contributed by atoms with E-state index in [1.54, 1.807) is 16.9 Å². The van der Waals surface area contributed by atoms with Gasteiger partial charge in [0, 0.05) is 6.20 Å². The first-order valence-electron chi connectivity index (χ1n) is 5.40. The van der Waals surface area contributed by atoms with Crippen molar-refractivity contribution < 1.29 is 9.53 Å². The fourth-order valence-electron chi connectivity index (χ4n) is 1.51. The fraction of sp³-hybridized carbons (Fsp3) is 0.154. The summed E-state index contributed by atoms with van der Waals surface area (Å²) < 4.78 is 6.34. The highest BCUT2D eigenvalue weighted by atomic mass is 16.5. The minimum absolute atomic E-state index is 0.247. The summed E-state index contributed by atoms with van der Waals surface area (Å²) in [5.41, 5.74) is 1.44. The van der Waals surface area contributed by atoms with Crippen molar-refractivity contribution in [3.05, 3.63) is 53.9 Å². The standard InChI is InChI=1S/C13H11N3O2/c14-6-7-18-13(17)12-8-15-16(10-12)9-11-4-2-1-3-5-11/h1-5,8,10H,7,9H2. The van der Waals surface area contributed by atoms with Crippen LogP contribution in [0.2, 0.25) is 0 Å². The summed E-state index contributed by atoms with van der Waals surface area (Å²) in [7, 11) is 0. The van der Waals surface area contributed by atoms with Gasteiger partial charge in [-0.2, -0.15) is 10.4 Å². The number of rotatable bonds is 4. The molecule has 2 rings (SSSR count). The number of hydrogen-bond donors (Lipinski definition) is 0. The molecule has 1 aromatic carbocycles. The fourth-order valence-corrected chi connectivity index (χ4v) is 1.51. The van der Waals surface area contributed by atoms with Gasteiger partial charge < -0.3 is 4.74 Å². The van der Waals surface area contributed by atoms with Gasteiger partial charge in [0.05, 0.1) is 18.3 Å². The van der Waals surface area contributed by atoms with Crippen LogP contribution in [-0.4, -0.2) is 22.4 Å². The van der Waals surface area contributed by atoms with Gasteiger partial charge in [-0.05, 0) is 5.56 Å². The maximum atomic E-state index is 11.4. The molecular formula is C13H11N3O2. The summed E-state index contributed by atoms with van der Waals surface area (Å²) in [6, 6.07) is 11.5. The molecule has 0 aliphatic heterocycles. The molecule has 0 N–H and O–H groups in total. The van der Waals surface area contributed by atoms with Crippen LogP contribution >= 0.6 is 0 Å². The molecule has 90 valence electrons. The SMILES string of the molecule is N#CCOC(=O)c1cnn(Cc2ccccc2)c1. The Kier molecular flexibility index (Phi) is 3.72. The molecular weight excluding hydrogens is 230 g/mol. The number of carbonyl (C=O) groups excluding carboxylic acids is 1. The number of aromatic nitrogens is 2. The Morgan fingerprint density at radius 3 is 2.89 bits per heavy atom. The van der Waals surface area contributed by atoms with Crippen molar-refractivity contribution in [3.63, 3.8) is 0 Å². The zero-order valence-corrected chi connectivity index (χ0v) is 9.61. The minimum Gasteiger partial charge on any atom is -0.447 e. The largest absolute Gasteiger partial charge is 0.447 e. The van der Waals surface area contributed by atoms with Crippen molar-refractivity contribution in [1.29, 1.82) is 5.26 Å². The van der Waals surface area contributed by atoms with Crippen LogP contribution in [0.4, 0.5) is 0 Å². The molecule has 0 spiro atoms. The Morgan fingerprint density at radius 2 is 2.17 bits per heavy atom. The van der Waals surface area contributed by atoms with Crippen molar-refractivity contribution in [2.45, 2.75) is 6.54 Å². The summed E-state index contributed by atoms with van der Waals surface area (Å²) >= 11 is 0. The van der Waals surface area contributed by atoms with Crippen LogP contribution in [0.3, 0.4) is 0 Å². The molecule has 0 fully saturated rings. The smallest absolute Gasteiger partial charge is 0.342 e. The molecule has 0 saturated carbocycles. The molecule has 0 aliphatic rings. The molecule has 1 heterocycles. The molecule has 0 unspecified atom stereocenters. The average Bonchev–Trinajstić information content (AvgIpc) is 2.86. The molecule has 1 aromatic heterocycles. The molecule has 0 atom stereocenters. The maximum Gasteiger partial charge on any atom is 0.342 e. The van der Waals surface area contributed by atoms with E-state index in [9.17, 15) is 4.79 Å². The highest BCUT2D eigenvalue weighted by Crippen LogP contribution is 2.05. The summed E-state index contributed by atoms with van der Waals surface area (Å²) in [6.45, 7) is 0.342. The molecule has 0 amide bonds. The monoisotopic (exact) mass is 241 g/mol. The van der Waals surface area contributed by atoms with Crippen molar-refractivity contribution in [1.82, 2.24) is 9.78 Å². The Labute approximate surface area is 104 Å². The number of nitriles is 1. The second-order valence-electron chi connectivity index (χ2n) is 3.65. The normalized spacial score (nSPS) is 9.72. The minimum atomic E-state index is -0.532. The number of hydrogen-bond acceptors (Lipinski definition) is 4. The van der Waals surface area contributed by atoms with Crippen LogP contribution in [0.25, 0.3) is 0 Å². The summed E-state index contributed by atoms with van der Waals surface area (Å²) in [4.78, 5) is 11.4. The van der Waals surface area contributed by atoms with Gasteiger partial charge in [-0.15, -0.1) is 0 Å². The third-order valence-electron chi connectivity index (χ3n) is 2.32. The number of nitrogens with zero attached hydrogens (tertiary/aromatic N) is 3. The van der Waals surface area contributed by atoms with E-state index in [4.69, 9.17) is 5.26 Å². The predicted octanol–water partition coefficient (Wildman–Crippen LogP) is 1.61. The van der Waals surface area contributed by atoms with Crippen molar-refractivity contribution in [3.8, 4) is 6.07 Å². The van der Waals surface area contributed by atoms with Gasteiger partial charge in [-0.3, -0.25) is 4.68 Å². The first kappa shape index (κ1) is 11.9. The first-order chi connectivity index (χ1) is 8.79. The highest BCUT2D eigenvalue weighted by molar-refractivity contribution is 5.88. The first-order valence-corrected chi connectivity index (χ1v) is 5.40. The molecule has 18 heavy (non-hydrogen) atoms. The Bertz CT molecular complexity index is 569. The molecule has 0 aliphatic carbocycles. The lowest BCUT2D eigenvalue weighted by atomic mass is 10.2. The van der Waals surface area contributed by atoms with E-state index >= 15 is 0 Å². The van der Waals surface area contributed by atoms with E-state index in [1.807, 2.05) is 30.3 Å². The van der Waals surface area contributed by atoms with Gasteiger partial charge in [0.2, 0.25) is 0 Å². The van der Waals surface area contributed by atoms with Crippen LogP contribution in [0.1, 0.15) is 15.9 Å². The predicted molar refractivity (Wildman–Crippen MR) is 63.7 cm³/mol. The van der Waals surface area contributed by atoms with Crippen molar-refractivity contribution >= 4 is 5.97 Å². The van der Waals surface area contributed by atoms with Crippen molar-refractivity contribution in [2.24, 2.45) is 0 Å². The maximum absolute atomic E-state index is 11.4. The summed E-state index contributed by atoms with van der Waals surface area (Å²) in [6.07, 6.45) is 3.04. The van der Waals surface area contributed by atoms with E-state index in [0.29, 0.717) is 12.1 Å². The lowest BCUT2D eigenvalue weighted by molar-refractivity contribution is 0.0555. The lowest BCUT2D eigenvalue weighted by Crippen LogP contribution is -2.04. The Hall–Kier alpha value is -2.61. The van der Waals surface area contributed by atoms with Crippen molar-refractivity contribution in [2.75, 3.05) is 6.61 Å². The average molecular weight is 241 g/mol. The molecule has 0 saturated heterocycles. The van der Waals surface area contributed by atoms with E-state index in [1.165, 1.54) is 6.20 Å². The topological polar surface area (TPSA) is 67.9 Å². The Balaban J connectivity index is 2.03. The summed E-state index contributed by atoms with van der Waals surface area (Å²) in [5, 5.41) is 12.4. The summed E-state index contributed by atoms with van der Waals surface area (Å²) in [5.74, 6) is -0.532. The zero-order valence-electron chi connectivity index (χ0n) is 9.61. The van der Waals surface area contributed by atoms with E-state index in [0.717, 1.165) is 5.56 Å². The Morgan fingerprint density at radius 1 is 1.39 bits per heavy atom. The number of esters is 1. The van der Waals surface area contributed by atoms with Gasteiger partial charge in [0.25, 0.3) is 0 Å². The third kappa shape index (κ3) is 2.95. The molecule has 0 bridgehead atoms. The molecule has 2 aromatic rings. The molecule has 5 heteroatoms. The van der Waals surface area contributed by atoms with E-state index in [2.05, 4.69) is 9.84 Å². The highest BCUT2D eigenvalue weighted by Gasteiger charge is 2.09. The van der Waals surface area contributed by atoms with Crippen LogP contribution < -0.4 is 0 Å². The van der Waals surface area contributed by atoms with Crippen LogP contribution in [0.5, 0.6) is 0 Å². The van der Waals surface area contributed by atoms with Gasteiger partial charge in [0.1, 0.15) is 6.07 Å². The lowest BCUT2D eigenvalue weighted by Gasteiger charge is -2.00. The van der Waals surface area contributed by atoms with Gasteiger partial charge >= 0.3 is 5.97 Å².